The first-order valence-corrected chi connectivity index (χ1v) is 5.93. The Labute approximate surface area is 118 Å². The van der Waals surface area contributed by atoms with Crippen molar-refractivity contribution < 1.29 is 18.9 Å². The first kappa shape index (κ1) is 14.3. The maximum absolute atomic E-state index is 11.7. The molecule has 8 nitrogen and oxygen atoms in total. The smallest absolute Gasteiger partial charge is 0.313 e. The molecule has 2 N–H and O–H groups in total. The number of anilines is 1. The van der Waals surface area contributed by atoms with E-state index >= 15 is 0 Å². The van der Waals surface area contributed by atoms with Gasteiger partial charge in [-0.25, -0.2) is 0 Å². The van der Waals surface area contributed by atoms with Crippen molar-refractivity contribution in [2.75, 3.05) is 5.32 Å². The zero-order valence-electron chi connectivity index (χ0n) is 10.7. The summed E-state index contributed by atoms with van der Waals surface area (Å²) in [5.41, 5.74) is -0.328. The first-order chi connectivity index (χ1) is 10.1. The average molecular weight is 289 g/mol. The van der Waals surface area contributed by atoms with Gasteiger partial charge in [0, 0.05) is 6.07 Å². The number of carbonyl (C=O) groups is 2. The molecule has 0 unspecified atom stereocenters. The monoisotopic (exact) mass is 289 g/mol. The minimum Gasteiger partial charge on any atom is -0.467 e. The van der Waals surface area contributed by atoms with Gasteiger partial charge in [-0.1, -0.05) is 12.1 Å². The lowest BCUT2D eigenvalue weighted by molar-refractivity contribution is -0.383. The molecule has 1 aromatic carbocycles. The molecule has 21 heavy (non-hydrogen) atoms. The Morgan fingerprint density at radius 3 is 2.57 bits per heavy atom. The number of carbonyl (C=O) groups excluding carboxylic acids is 2. The minimum absolute atomic E-state index is 0.0411. The van der Waals surface area contributed by atoms with Crippen LogP contribution >= 0.6 is 0 Å². The molecule has 0 atom stereocenters. The molecule has 1 aromatic heterocycles. The molecule has 2 amide bonds. The van der Waals surface area contributed by atoms with Crippen LogP contribution < -0.4 is 10.6 Å². The molecular formula is C13H11N3O5. The summed E-state index contributed by atoms with van der Waals surface area (Å²) in [5.74, 6) is -1.41. The van der Waals surface area contributed by atoms with Crippen LogP contribution in [0.2, 0.25) is 0 Å². The van der Waals surface area contributed by atoms with Gasteiger partial charge in [0.1, 0.15) is 11.4 Å². The maximum Gasteiger partial charge on any atom is 0.313 e. The van der Waals surface area contributed by atoms with E-state index in [1.165, 1.54) is 30.5 Å². The third-order valence-electron chi connectivity index (χ3n) is 2.56. The number of nitro benzene ring substituents is 1. The summed E-state index contributed by atoms with van der Waals surface area (Å²) in [6.07, 6.45) is 1.44. The lowest BCUT2D eigenvalue weighted by Gasteiger charge is -2.05. The highest BCUT2D eigenvalue weighted by Gasteiger charge is 2.19. The highest BCUT2D eigenvalue weighted by Crippen LogP contribution is 2.22. The summed E-state index contributed by atoms with van der Waals surface area (Å²) in [6, 6.07) is 8.84. The number of para-hydroxylation sites is 2. The molecule has 0 aliphatic heterocycles. The van der Waals surface area contributed by atoms with Crippen LogP contribution in [0.3, 0.4) is 0 Å². The number of hydrogen-bond acceptors (Lipinski definition) is 5. The SMILES string of the molecule is O=C(NCc1ccco1)C(=O)Nc1ccccc1[N+](=O)[O-]. The predicted molar refractivity (Wildman–Crippen MR) is 72.3 cm³/mol. The molecule has 2 rings (SSSR count). The number of nitro groups is 1. The van der Waals surface area contributed by atoms with Crippen LogP contribution in [0.4, 0.5) is 11.4 Å². The van der Waals surface area contributed by atoms with Crippen molar-refractivity contribution in [2.45, 2.75) is 6.54 Å². The van der Waals surface area contributed by atoms with Gasteiger partial charge in [-0.3, -0.25) is 19.7 Å². The van der Waals surface area contributed by atoms with Gasteiger partial charge in [-0.15, -0.1) is 0 Å². The third-order valence-corrected chi connectivity index (χ3v) is 2.56. The van der Waals surface area contributed by atoms with E-state index in [0.717, 1.165) is 0 Å². The predicted octanol–water partition coefficient (Wildman–Crippen LogP) is 1.44. The van der Waals surface area contributed by atoms with Crippen molar-refractivity contribution in [3.63, 3.8) is 0 Å². The van der Waals surface area contributed by atoms with E-state index in [2.05, 4.69) is 10.6 Å². The molecule has 0 saturated carbocycles. The Morgan fingerprint density at radius 1 is 1.14 bits per heavy atom. The Hall–Kier alpha value is -3.16. The van der Waals surface area contributed by atoms with Gasteiger partial charge in [-0.2, -0.15) is 0 Å². The second-order valence-corrected chi connectivity index (χ2v) is 3.99. The standard InChI is InChI=1S/C13H11N3O5/c17-12(14-8-9-4-3-7-21-9)13(18)15-10-5-1-2-6-11(10)16(19)20/h1-7H,8H2,(H,14,17)(H,15,18). The summed E-state index contributed by atoms with van der Waals surface area (Å²) in [5, 5.41) is 15.3. The third kappa shape index (κ3) is 3.66. The summed E-state index contributed by atoms with van der Waals surface area (Å²) in [7, 11) is 0. The second kappa shape index (κ2) is 6.33. The van der Waals surface area contributed by atoms with Gasteiger partial charge in [0.2, 0.25) is 0 Å². The van der Waals surface area contributed by atoms with Gasteiger partial charge in [0.25, 0.3) is 5.69 Å². The fraction of sp³-hybridized carbons (Fsp3) is 0.0769. The van der Waals surface area contributed by atoms with Crippen LogP contribution in [0, 0.1) is 10.1 Å². The normalized spacial score (nSPS) is 9.90. The van der Waals surface area contributed by atoms with Crippen LogP contribution in [0.5, 0.6) is 0 Å². The first-order valence-electron chi connectivity index (χ1n) is 5.93. The van der Waals surface area contributed by atoms with E-state index in [-0.39, 0.29) is 17.9 Å². The minimum atomic E-state index is -0.990. The molecule has 0 radical (unpaired) electrons. The summed E-state index contributed by atoms with van der Waals surface area (Å²) in [4.78, 5) is 33.4. The molecule has 8 heteroatoms. The fourth-order valence-corrected chi connectivity index (χ4v) is 1.58. The highest BCUT2D eigenvalue weighted by atomic mass is 16.6. The Balaban J connectivity index is 1.98. The van der Waals surface area contributed by atoms with Crippen LogP contribution in [-0.4, -0.2) is 16.7 Å². The lowest BCUT2D eigenvalue weighted by atomic mass is 10.2. The van der Waals surface area contributed by atoms with E-state index in [9.17, 15) is 19.7 Å². The molecule has 108 valence electrons. The molecule has 0 aliphatic rings. The van der Waals surface area contributed by atoms with Gasteiger partial charge < -0.3 is 15.1 Å². The molecule has 0 fully saturated rings. The quantitative estimate of drug-likeness (QED) is 0.502. The van der Waals surface area contributed by atoms with E-state index in [1.54, 1.807) is 12.1 Å². The van der Waals surface area contributed by atoms with Gasteiger partial charge >= 0.3 is 11.8 Å². The van der Waals surface area contributed by atoms with Crippen molar-refractivity contribution in [2.24, 2.45) is 0 Å². The zero-order chi connectivity index (χ0) is 15.2. The molecule has 2 aromatic rings. The molecular weight excluding hydrogens is 278 g/mol. The largest absolute Gasteiger partial charge is 0.467 e. The van der Waals surface area contributed by atoms with E-state index in [4.69, 9.17) is 4.42 Å². The van der Waals surface area contributed by atoms with E-state index in [0.29, 0.717) is 5.76 Å². The van der Waals surface area contributed by atoms with Crippen LogP contribution in [-0.2, 0) is 16.1 Å². The topological polar surface area (TPSA) is 114 Å². The number of hydrogen-bond donors (Lipinski definition) is 2. The van der Waals surface area contributed by atoms with Gasteiger partial charge in [0.05, 0.1) is 17.7 Å². The second-order valence-electron chi connectivity index (χ2n) is 3.99. The van der Waals surface area contributed by atoms with Crippen LogP contribution in [0.25, 0.3) is 0 Å². The van der Waals surface area contributed by atoms with Crippen LogP contribution in [0.1, 0.15) is 5.76 Å². The average Bonchev–Trinajstić information content (AvgIpc) is 2.98. The number of amides is 2. The van der Waals surface area contributed by atoms with Crippen molar-refractivity contribution >= 4 is 23.2 Å². The lowest BCUT2D eigenvalue weighted by Crippen LogP contribution is -2.35. The zero-order valence-corrected chi connectivity index (χ0v) is 10.7. The number of nitrogens with zero attached hydrogens (tertiary/aromatic N) is 1. The highest BCUT2D eigenvalue weighted by molar-refractivity contribution is 6.39. The Bertz CT molecular complexity index is 666. The number of benzene rings is 1. The number of nitrogens with one attached hydrogen (secondary N) is 2. The Morgan fingerprint density at radius 2 is 1.90 bits per heavy atom. The summed E-state index contributed by atoms with van der Waals surface area (Å²) in [6.45, 7) is 0.0517. The molecule has 0 bridgehead atoms. The maximum atomic E-state index is 11.7. The molecule has 0 spiro atoms. The van der Waals surface area contributed by atoms with E-state index in [1.807, 2.05) is 0 Å². The van der Waals surface area contributed by atoms with Crippen LogP contribution in [0.15, 0.2) is 47.1 Å². The van der Waals surface area contributed by atoms with Crippen molar-refractivity contribution in [1.82, 2.24) is 5.32 Å². The fourth-order valence-electron chi connectivity index (χ4n) is 1.58. The van der Waals surface area contributed by atoms with Gasteiger partial charge in [0.15, 0.2) is 0 Å². The van der Waals surface area contributed by atoms with E-state index < -0.39 is 16.7 Å². The molecule has 0 saturated heterocycles. The van der Waals surface area contributed by atoms with Crippen molar-refractivity contribution in [1.29, 1.82) is 0 Å². The Kier molecular flexibility index (Phi) is 4.30. The van der Waals surface area contributed by atoms with Gasteiger partial charge in [-0.05, 0) is 18.2 Å². The number of furan rings is 1. The number of rotatable bonds is 4. The molecule has 1 heterocycles. The molecule has 0 aliphatic carbocycles. The summed E-state index contributed by atoms with van der Waals surface area (Å²) >= 11 is 0. The summed E-state index contributed by atoms with van der Waals surface area (Å²) < 4.78 is 5.00. The van der Waals surface area contributed by atoms with Crippen molar-refractivity contribution in [3.05, 3.63) is 58.5 Å². The van der Waals surface area contributed by atoms with Crippen molar-refractivity contribution in [3.8, 4) is 0 Å².